The highest BCUT2D eigenvalue weighted by molar-refractivity contribution is 8.13. The van der Waals surface area contributed by atoms with Gasteiger partial charge in [0, 0.05) is 43.9 Å². The number of carbonyl (C=O) groups excluding carboxylic acids is 2. The number of nitrogens with zero attached hydrogens (tertiary/aromatic N) is 2. The molecule has 0 aromatic heterocycles. The van der Waals surface area contributed by atoms with E-state index in [1.807, 2.05) is 30.3 Å². The van der Waals surface area contributed by atoms with E-state index in [4.69, 9.17) is 18.9 Å². The van der Waals surface area contributed by atoms with Crippen LogP contribution in [0.5, 0.6) is 23.0 Å². The van der Waals surface area contributed by atoms with Crippen LogP contribution in [0.2, 0.25) is 0 Å². The summed E-state index contributed by atoms with van der Waals surface area (Å²) in [6.07, 6.45) is 0. The lowest BCUT2D eigenvalue weighted by molar-refractivity contribution is -0.116. The van der Waals surface area contributed by atoms with Crippen molar-refractivity contribution in [3.63, 3.8) is 0 Å². The van der Waals surface area contributed by atoms with E-state index in [2.05, 4.69) is 0 Å². The van der Waals surface area contributed by atoms with E-state index in [1.165, 1.54) is 11.8 Å². The monoisotopic (exact) mass is 498 g/mol. The molecule has 0 N–H and O–H groups in total. The SMILES string of the molecule is COc1ccc(-c2c(SC(=O)N(C)C)cc3cc(OC)c(OC)cc3c2N(C)C(C)=O)cc1OC. The average Bonchev–Trinajstić information content (AvgIpc) is 2.85. The van der Waals surface area contributed by atoms with E-state index in [-0.39, 0.29) is 11.1 Å². The second kappa shape index (κ2) is 10.8. The Balaban J connectivity index is 2.50. The molecule has 0 atom stereocenters. The largest absolute Gasteiger partial charge is 0.493 e. The fraction of sp³-hybridized carbons (Fsp3) is 0.308. The summed E-state index contributed by atoms with van der Waals surface area (Å²) >= 11 is 1.08. The van der Waals surface area contributed by atoms with Crippen LogP contribution < -0.4 is 23.8 Å². The summed E-state index contributed by atoms with van der Waals surface area (Å²) in [6.45, 7) is 1.50. The van der Waals surface area contributed by atoms with Gasteiger partial charge < -0.3 is 28.7 Å². The Morgan fingerprint density at radius 2 is 1.34 bits per heavy atom. The van der Waals surface area contributed by atoms with Crippen LogP contribution in [-0.2, 0) is 4.79 Å². The van der Waals surface area contributed by atoms with Gasteiger partial charge >= 0.3 is 0 Å². The minimum atomic E-state index is -0.163. The van der Waals surface area contributed by atoms with Gasteiger partial charge in [-0.1, -0.05) is 6.07 Å². The predicted octanol–water partition coefficient (Wildman–Crippen LogP) is 5.30. The van der Waals surface area contributed by atoms with Crippen molar-refractivity contribution < 1.29 is 28.5 Å². The number of carbonyl (C=O) groups is 2. The Morgan fingerprint density at radius 1 is 0.771 bits per heavy atom. The van der Waals surface area contributed by atoms with Gasteiger partial charge in [-0.15, -0.1) is 0 Å². The summed E-state index contributed by atoms with van der Waals surface area (Å²) in [5.41, 5.74) is 2.11. The molecular weight excluding hydrogens is 468 g/mol. The smallest absolute Gasteiger partial charge is 0.285 e. The Kier molecular flexibility index (Phi) is 8.01. The van der Waals surface area contributed by atoms with Gasteiger partial charge in [-0.25, -0.2) is 0 Å². The highest BCUT2D eigenvalue weighted by Crippen LogP contribution is 2.48. The highest BCUT2D eigenvalue weighted by Gasteiger charge is 2.25. The molecule has 3 aromatic carbocycles. The van der Waals surface area contributed by atoms with Gasteiger partial charge in [0.05, 0.1) is 34.1 Å². The molecule has 0 saturated carbocycles. The predicted molar refractivity (Wildman–Crippen MR) is 140 cm³/mol. The Bertz CT molecular complexity index is 1270. The lowest BCUT2D eigenvalue weighted by Crippen LogP contribution is -2.24. The zero-order valence-corrected chi connectivity index (χ0v) is 22.0. The number of thioether (sulfide) groups is 1. The number of benzene rings is 3. The van der Waals surface area contributed by atoms with Gasteiger partial charge in [0.1, 0.15) is 0 Å². The third-order valence-electron chi connectivity index (χ3n) is 5.62. The third-order valence-corrected chi connectivity index (χ3v) is 6.70. The Morgan fingerprint density at radius 3 is 1.89 bits per heavy atom. The first-order chi connectivity index (χ1) is 16.7. The van der Waals surface area contributed by atoms with Crippen molar-refractivity contribution in [3.8, 4) is 34.1 Å². The number of methoxy groups -OCH3 is 4. The van der Waals surface area contributed by atoms with Crippen molar-refractivity contribution in [2.75, 3.05) is 54.5 Å². The molecule has 3 rings (SSSR count). The minimum absolute atomic E-state index is 0.150. The molecule has 0 aliphatic rings. The first-order valence-electron chi connectivity index (χ1n) is 10.7. The van der Waals surface area contributed by atoms with Crippen molar-refractivity contribution in [2.24, 2.45) is 0 Å². The summed E-state index contributed by atoms with van der Waals surface area (Å²) < 4.78 is 22.0. The van der Waals surface area contributed by atoms with Crippen LogP contribution in [0, 0.1) is 0 Å². The van der Waals surface area contributed by atoms with E-state index in [9.17, 15) is 9.59 Å². The summed E-state index contributed by atoms with van der Waals surface area (Å²) in [7, 11) is 11.4. The van der Waals surface area contributed by atoms with Crippen LogP contribution in [0.4, 0.5) is 10.5 Å². The van der Waals surface area contributed by atoms with Crippen molar-refractivity contribution in [1.82, 2.24) is 4.90 Å². The van der Waals surface area contributed by atoms with E-state index < -0.39 is 0 Å². The fourth-order valence-electron chi connectivity index (χ4n) is 3.73. The molecule has 0 bridgehead atoms. The summed E-state index contributed by atoms with van der Waals surface area (Å²) in [4.78, 5) is 29.2. The second-order valence-electron chi connectivity index (χ2n) is 7.94. The Labute approximate surface area is 209 Å². The number of fused-ring (bicyclic) bond motifs is 1. The number of anilines is 1. The van der Waals surface area contributed by atoms with Crippen LogP contribution in [0.1, 0.15) is 6.92 Å². The molecular formula is C26H30N2O6S. The van der Waals surface area contributed by atoms with E-state index in [0.29, 0.717) is 39.1 Å². The molecule has 186 valence electrons. The summed E-state index contributed by atoms with van der Waals surface area (Å²) in [5.74, 6) is 2.02. The third kappa shape index (κ3) is 5.09. The molecule has 0 unspecified atom stereocenters. The quantitative estimate of drug-likeness (QED) is 0.409. The molecule has 3 aromatic rings. The summed E-state index contributed by atoms with van der Waals surface area (Å²) in [6, 6.07) is 11.1. The van der Waals surface area contributed by atoms with Crippen LogP contribution in [0.15, 0.2) is 41.3 Å². The highest BCUT2D eigenvalue weighted by atomic mass is 32.2. The Hall–Kier alpha value is -3.59. The number of hydrogen-bond donors (Lipinski definition) is 0. The van der Waals surface area contributed by atoms with Crippen molar-refractivity contribution in [2.45, 2.75) is 11.8 Å². The van der Waals surface area contributed by atoms with Crippen LogP contribution in [0.25, 0.3) is 21.9 Å². The van der Waals surface area contributed by atoms with Crippen molar-refractivity contribution in [1.29, 1.82) is 0 Å². The maximum absolute atomic E-state index is 12.8. The van der Waals surface area contributed by atoms with E-state index in [1.54, 1.807) is 60.5 Å². The molecule has 0 spiro atoms. The second-order valence-corrected chi connectivity index (χ2v) is 8.93. The molecule has 2 amide bonds. The summed E-state index contributed by atoms with van der Waals surface area (Å²) in [5, 5.41) is 1.42. The first kappa shape index (κ1) is 26.0. The van der Waals surface area contributed by atoms with Gasteiger partial charge in [-0.2, -0.15) is 0 Å². The number of amides is 2. The van der Waals surface area contributed by atoms with Crippen LogP contribution in [-0.4, -0.2) is 65.6 Å². The lowest BCUT2D eigenvalue weighted by atomic mass is 9.96. The maximum Gasteiger partial charge on any atom is 0.285 e. The van der Waals surface area contributed by atoms with Gasteiger partial charge in [0.25, 0.3) is 5.24 Å². The van der Waals surface area contributed by atoms with Gasteiger partial charge in [0.2, 0.25) is 5.91 Å². The molecule has 0 aliphatic carbocycles. The zero-order valence-electron chi connectivity index (χ0n) is 21.2. The van der Waals surface area contributed by atoms with Crippen LogP contribution in [0.3, 0.4) is 0 Å². The number of ether oxygens (including phenoxy) is 4. The van der Waals surface area contributed by atoms with E-state index >= 15 is 0 Å². The molecule has 35 heavy (non-hydrogen) atoms. The molecule has 0 aliphatic heterocycles. The van der Waals surface area contributed by atoms with Crippen molar-refractivity contribution in [3.05, 3.63) is 36.4 Å². The fourth-order valence-corrected chi connectivity index (χ4v) is 4.60. The molecule has 0 saturated heterocycles. The van der Waals surface area contributed by atoms with Crippen LogP contribution >= 0.6 is 11.8 Å². The molecule has 0 radical (unpaired) electrons. The van der Waals surface area contributed by atoms with E-state index in [0.717, 1.165) is 28.1 Å². The lowest BCUT2D eigenvalue weighted by Gasteiger charge is -2.25. The number of hydrogen-bond acceptors (Lipinski definition) is 7. The zero-order chi connectivity index (χ0) is 25.9. The molecule has 8 nitrogen and oxygen atoms in total. The first-order valence-corrected chi connectivity index (χ1v) is 11.6. The minimum Gasteiger partial charge on any atom is -0.493 e. The molecule has 0 heterocycles. The average molecular weight is 499 g/mol. The normalized spacial score (nSPS) is 10.6. The standard InChI is InChI=1S/C26H30N2O6S/c1-15(29)28(4)25-18-14-22(34-8)21(33-7)12-17(18)13-23(35-26(30)27(2)3)24(25)16-9-10-19(31-5)20(11-16)32-6/h9-14H,1-8H3. The topological polar surface area (TPSA) is 77.5 Å². The molecule has 9 heteroatoms. The van der Waals surface area contributed by atoms with Gasteiger partial charge in [-0.05, 0) is 53.0 Å². The van der Waals surface area contributed by atoms with Gasteiger partial charge in [0.15, 0.2) is 23.0 Å². The van der Waals surface area contributed by atoms with Gasteiger partial charge in [-0.3, -0.25) is 9.59 Å². The van der Waals surface area contributed by atoms with Crippen molar-refractivity contribution >= 4 is 39.4 Å². The maximum atomic E-state index is 12.8. The molecule has 0 fully saturated rings. The number of rotatable bonds is 7.